The Morgan fingerprint density at radius 2 is 1.90 bits per heavy atom. The van der Waals surface area contributed by atoms with E-state index < -0.39 is 0 Å². The van der Waals surface area contributed by atoms with Crippen molar-refractivity contribution in [3.8, 4) is 0 Å². The van der Waals surface area contributed by atoms with E-state index in [0.29, 0.717) is 23.2 Å². The fourth-order valence-corrected chi connectivity index (χ4v) is 1.97. The largest absolute Gasteiger partial charge is 0.368 e. The average Bonchev–Trinajstić information content (AvgIpc) is 2.43. The predicted molar refractivity (Wildman–Crippen MR) is 86.8 cm³/mol. The lowest BCUT2D eigenvalue weighted by atomic mass is 10.1. The van der Waals surface area contributed by atoms with Crippen molar-refractivity contribution in [2.24, 2.45) is 0 Å². The molecule has 0 atom stereocenters. The number of hydrogen-bond donors (Lipinski definition) is 2. The smallest absolute Gasteiger partial charge is 0.228 e. The first-order chi connectivity index (χ1) is 10.0. The second-order valence-electron chi connectivity index (χ2n) is 5.08. The summed E-state index contributed by atoms with van der Waals surface area (Å²) >= 11 is 5.81. The van der Waals surface area contributed by atoms with Crippen molar-refractivity contribution in [1.82, 2.24) is 4.98 Å². The van der Waals surface area contributed by atoms with Crippen molar-refractivity contribution < 1.29 is 4.79 Å². The van der Waals surface area contributed by atoms with Crippen LogP contribution >= 0.6 is 11.6 Å². The molecule has 5 heteroatoms. The number of hydrogen-bond acceptors (Lipinski definition) is 3. The Hall–Kier alpha value is -2.07. The third-order valence-electron chi connectivity index (χ3n) is 2.76. The second-order valence-corrected chi connectivity index (χ2v) is 5.52. The minimum atomic E-state index is -0.0799. The summed E-state index contributed by atoms with van der Waals surface area (Å²) in [6.45, 7) is 4.09. The van der Waals surface area contributed by atoms with Gasteiger partial charge in [-0.25, -0.2) is 4.98 Å². The molecular formula is C16H18ClN3O. The van der Waals surface area contributed by atoms with Gasteiger partial charge in [-0.2, -0.15) is 0 Å². The summed E-state index contributed by atoms with van der Waals surface area (Å²) in [5.41, 5.74) is 1.60. The lowest BCUT2D eigenvalue weighted by Crippen LogP contribution is -2.15. The average molecular weight is 304 g/mol. The highest BCUT2D eigenvalue weighted by atomic mass is 35.5. The Bertz CT molecular complexity index is 594. The molecule has 110 valence electrons. The van der Waals surface area contributed by atoms with E-state index in [4.69, 9.17) is 11.6 Å². The Kier molecular flexibility index (Phi) is 5.17. The first-order valence-corrected chi connectivity index (χ1v) is 7.17. The molecule has 2 aromatic rings. The Balaban J connectivity index is 1.91. The molecule has 0 aliphatic rings. The van der Waals surface area contributed by atoms with E-state index in [1.54, 1.807) is 18.3 Å². The zero-order valence-electron chi connectivity index (χ0n) is 12.1. The lowest BCUT2D eigenvalue weighted by Gasteiger charge is -2.10. The molecule has 4 nitrogen and oxygen atoms in total. The fourth-order valence-electron chi connectivity index (χ4n) is 1.84. The lowest BCUT2D eigenvalue weighted by molar-refractivity contribution is -0.115. The van der Waals surface area contributed by atoms with E-state index in [1.165, 1.54) is 0 Å². The van der Waals surface area contributed by atoms with E-state index >= 15 is 0 Å². The molecule has 0 spiro atoms. The number of benzene rings is 1. The SMILES string of the molecule is CC(C)Nc1ccc(NC(=O)Cc2ccc(Cl)cc2)cn1. The molecule has 2 rings (SSSR count). The predicted octanol–water partition coefficient (Wildman–Crippen LogP) is 3.74. The van der Waals surface area contributed by atoms with Gasteiger partial charge in [0.15, 0.2) is 0 Å². The van der Waals surface area contributed by atoms with Crippen LogP contribution in [0.3, 0.4) is 0 Å². The van der Waals surface area contributed by atoms with Crippen LogP contribution < -0.4 is 10.6 Å². The van der Waals surface area contributed by atoms with Crippen LogP contribution in [0.15, 0.2) is 42.6 Å². The highest BCUT2D eigenvalue weighted by Crippen LogP contribution is 2.13. The van der Waals surface area contributed by atoms with Crippen LogP contribution in [0, 0.1) is 0 Å². The first-order valence-electron chi connectivity index (χ1n) is 6.80. The summed E-state index contributed by atoms with van der Waals surface area (Å²) in [4.78, 5) is 16.2. The maximum Gasteiger partial charge on any atom is 0.228 e. The van der Waals surface area contributed by atoms with Crippen LogP contribution in [0.4, 0.5) is 11.5 Å². The topological polar surface area (TPSA) is 54.0 Å². The Morgan fingerprint density at radius 3 is 2.48 bits per heavy atom. The van der Waals surface area contributed by atoms with Crippen LogP contribution in [-0.2, 0) is 11.2 Å². The van der Waals surface area contributed by atoms with E-state index in [2.05, 4.69) is 15.6 Å². The molecule has 2 N–H and O–H groups in total. The van der Waals surface area contributed by atoms with Gasteiger partial charge in [0.05, 0.1) is 18.3 Å². The van der Waals surface area contributed by atoms with Gasteiger partial charge in [0, 0.05) is 11.1 Å². The fraction of sp³-hybridized carbons (Fsp3) is 0.250. The van der Waals surface area contributed by atoms with E-state index in [1.807, 2.05) is 38.1 Å². The van der Waals surface area contributed by atoms with Crippen molar-refractivity contribution in [3.63, 3.8) is 0 Å². The van der Waals surface area contributed by atoms with Crippen LogP contribution in [-0.4, -0.2) is 16.9 Å². The third kappa shape index (κ3) is 5.08. The summed E-state index contributed by atoms with van der Waals surface area (Å²) in [7, 11) is 0. The highest BCUT2D eigenvalue weighted by molar-refractivity contribution is 6.30. The quantitative estimate of drug-likeness (QED) is 0.885. The molecule has 0 radical (unpaired) electrons. The first kappa shape index (κ1) is 15.3. The molecule has 0 aliphatic carbocycles. The molecule has 0 bridgehead atoms. The maximum absolute atomic E-state index is 11.9. The number of amides is 1. The summed E-state index contributed by atoms with van der Waals surface area (Å²) < 4.78 is 0. The zero-order valence-corrected chi connectivity index (χ0v) is 12.8. The van der Waals surface area contributed by atoms with Gasteiger partial charge < -0.3 is 10.6 Å². The summed E-state index contributed by atoms with van der Waals surface area (Å²) in [5, 5.41) is 6.68. The molecule has 1 aromatic carbocycles. The molecule has 21 heavy (non-hydrogen) atoms. The number of anilines is 2. The van der Waals surface area contributed by atoms with E-state index in [9.17, 15) is 4.79 Å². The number of halogens is 1. The second kappa shape index (κ2) is 7.09. The van der Waals surface area contributed by atoms with Gasteiger partial charge in [-0.15, -0.1) is 0 Å². The molecule has 0 unspecified atom stereocenters. The van der Waals surface area contributed by atoms with Gasteiger partial charge >= 0.3 is 0 Å². The van der Waals surface area contributed by atoms with Crippen molar-refractivity contribution in [2.75, 3.05) is 10.6 Å². The van der Waals surface area contributed by atoms with Gasteiger partial charge in [-0.05, 0) is 43.7 Å². The number of nitrogens with one attached hydrogen (secondary N) is 2. The number of carbonyl (C=O) groups is 1. The summed E-state index contributed by atoms with van der Waals surface area (Å²) in [6.07, 6.45) is 1.95. The molecule has 1 aromatic heterocycles. The number of nitrogens with zero attached hydrogens (tertiary/aromatic N) is 1. The molecule has 1 amide bonds. The normalized spacial score (nSPS) is 10.5. The number of pyridine rings is 1. The van der Waals surface area contributed by atoms with Crippen LogP contribution in [0.5, 0.6) is 0 Å². The van der Waals surface area contributed by atoms with E-state index in [-0.39, 0.29) is 5.91 Å². The van der Waals surface area contributed by atoms with Crippen LogP contribution in [0.1, 0.15) is 19.4 Å². The minimum absolute atomic E-state index is 0.0799. The third-order valence-corrected chi connectivity index (χ3v) is 3.01. The van der Waals surface area contributed by atoms with Gasteiger partial charge in [0.25, 0.3) is 0 Å². The van der Waals surface area contributed by atoms with Gasteiger partial charge in [0.1, 0.15) is 5.82 Å². The number of aromatic nitrogens is 1. The van der Waals surface area contributed by atoms with E-state index in [0.717, 1.165) is 11.4 Å². The molecule has 0 aliphatic heterocycles. The molecule has 0 saturated carbocycles. The molecule has 1 heterocycles. The van der Waals surface area contributed by atoms with Crippen LogP contribution in [0.25, 0.3) is 0 Å². The zero-order chi connectivity index (χ0) is 15.2. The van der Waals surface area contributed by atoms with Gasteiger partial charge in [-0.3, -0.25) is 4.79 Å². The standard InChI is InChI=1S/C16H18ClN3O/c1-11(2)19-15-8-7-14(10-18-15)20-16(21)9-12-3-5-13(17)6-4-12/h3-8,10-11H,9H2,1-2H3,(H,18,19)(H,20,21). The van der Waals surface area contributed by atoms with Gasteiger partial charge in [-0.1, -0.05) is 23.7 Å². The molecular weight excluding hydrogens is 286 g/mol. The molecule has 0 fully saturated rings. The Labute approximate surface area is 129 Å². The maximum atomic E-state index is 11.9. The summed E-state index contributed by atoms with van der Waals surface area (Å²) in [5.74, 6) is 0.712. The minimum Gasteiger partial charge on any atom is -0.368 e. The van der Waals surface area contributed by atoms with Crippen molar-refractivity contribution in [3.05, 3.63) is 53.2 Å². The molecule has 0 saturated heterocycles. The number of carbonyl (C=O) groups excluding carboxylic acids is 1. The van der Waals surface area contributed by atoms with Gasteiger partial charge in [0.2, 0.25) is 5.91 Å². The van der Waals surface area contributed by atoms with Crippen LogP contribution in [0.2, 0.25) is 5.02 Å². The van der Waals surface area contributed by atoms with Crippen molar-refractivity contribution in [2.45, 2.75) is 26.3 Å². The monoisotopic (exact) mass is 303 g/mol. The van der Waals surface area contributed by atoms with Crippen molar-refractivity contribution in [1.29, 1.82) is 0 Å². The number of rotatable bonds is 5. The van der Waals surface area contributed by atoms with Crippen molar-refractivity contribution >= 4 is 29.0 Å². The highest BCUT2D eigenvalue weighted by Gasteiger charge is 2.05. The summed E-state index contributed by atoms with van der Waals surface area (Å²) in [6, 6.07) is 11.2. The Morgan fingerprint density at radius 1 is 1.19 bits per heavy atom.